The molecule has 0 aliphatic rings. The van der Waals surface area contributed by atoms with Crippen molar-refractivity contribution in [2.24, 2.45) is 0 Å². The van der Waals surface area contributed by atoms with Crippen LogP contribution in [0.1, 0.15) is 29.8 Å². The first-order valence-corrected chi connectivity index (χ1v) is 7.17. The zero-order chi connectivity index (χ0) is 14.7. The van der Waals surface area contributed by atoms with Crippen LogP contribution in [-0.4, -0.2) is 23.6 Å². The summed E-state index contributed by atoms with van der Waals surface area (Å²) in [6, 6.07) is 7.68. The van der Waals surface area contributed by atoms with E-state index in [1.165, 1.54) is 5.56 Å². The van der Waals surface area contributed by atoms with Crippen LogP contribution >= 0.6 is 11.6 Å². The highest BCUT2D eigenvalue weighted by Gasteiger charge is 2.16. The van der Waals surface area contributed by atoms with Crippen LogP contribution in [0.3, 0.4) is 0 Å². The molecule has 4 heteroatoms. The normalized spacial score (nSPS) is 12.4. The van der Waals surface area contributed by atoms with Crippen molar-refractivity contribution in [2.75, 3.05) is 13.6 Å². The molecule has 2 rings (SSSR count). The van der Waals surface area contributed by atoms with Crippen LogP contribution in [0.2, 0.25) is 5.02 Å². The number of halogens is 1. The van der Waals surface area contributed by atoms with E-state index in [4.69, 9.17) is 11.6 Å². The second-order valence-corrected chi connectivity index (χ2v) is 5.48. The van der Waals surface area contributed by atoms with Gasteiger partial charge < -0.3 is 5.32 Å². The number of nitrogens with zero attached hydrogens (tertiary/aromatic N) is 2. The highest BCUT2D eigenvalue weighted by atomic mass is 35.5. The Morgan fingerprint density at radius 3 is 2.30 bits per heavy atom. The molecule has 106 valence electrons. The van der Waals surface area contributed by atoms with Crippen molar-refractivity contribution in [3.63, 3.8) is 0 Å². The van der Waals surface area contributed by atoms with Gasteiger partial charge in [-0.3, -0.25) is 0 Å². The van der Waals surface area contributed by atoms with Gasteiger partial charge in [-0.25, -0.2) is 9.97 Å². The molecular weight excluding hydrogens is 270 g/mol. The van der Waals surface area contributed by atoms with Gasteiger partial charge in [0, 0.05) is 23.5 Å². The molecule has 0 bridgehead atoms. The fourth-order valence-electron chi connectivity index (χ4n) is 2.61. The van der Waals surface area contributed by atoms with Crippen LogP contribution < -0.4 is 5.32 Å². The van der Waals surface area contributed by atoms with E-state index in [1.807, 2.05) is 45.2 Å². The first-order valence-electron chi connectivity index (χ1n) is 6.79. The van der Waals surface area contributed by atoms with Crippen molar-refractivity contribution in [2.45, 2.75) is 26.7 Å². The fraction of sp³-hybridized carbons (Fsp3) is 0.375. The zero-order valence-electron chi connectivity index (χ0n) is 12.4. The molecule has 0 fully saturated rings. The van der Waals surface area contributed by atoms with Crippen molar-refractivity contribution in [1.82, 2.24) is 15.3 Å². The Hall–Kier alpha value is -1.45. The van der Waals surface area contributed by atoms with E-state index >= 15 is 0 Å². The van der Waals surface area contributed by atoms with Gasteiger partial charge in [-0.05, 0) is 44.5 Å². The molecule has 1 aromatic carbocycles. The average molecular weight is 290 g/mol. The number of rotatable bonds is 4. The molecule has 1 aromatic heterocycles. The minimum atomic E-state index is 0.389. The lowest BCUT2D eigenvalue weighted by Gasteiger charge is -2.17. The average Bonchev–Trinajstić information content (AvgIpc) is 2.38. The molecule has 0 saturated carbocycles. The zero-order valence-corrected chi connectivity index (χ0v) is 13.1. The highest BCUT2D eigenvalue weighted by Crippen LogP contribution is 2.28. The van der Waals surface area contributed by atoms with Crippen LogP contribution in [0.25, 0.3) is 11.4 Å². The highest BCUT2D eigenvalue weighted by molar-refractivity contribution is 6.33. The van der Waals surface area contributed by atoms with E-state index in [2.05, 4.69) is 22.2 Å². The predicted molar refractivity (Wildman–Crippen MR) is 84.3 cm³/mol. The molecule has 0 aliphatic carbocycles. The second kappa shape index (κ2) is 6.33. The number of likely N-dealkylation sites (N-methyl/N-ethyl adjacent to an activating group) is 1. The summed E-state index contributed by atoms with van der Waals surface area (Å²) < 4.78 is 0. The summed E-state index contributed by atoms with van der Waals surface area (Å²) >= 11 is 6.23. The summed E-state index contributed by atoms with van der Waals surface area (Å²) in [5, 5.41) is 3.88. The Balaban J connectivity index is 2.48. The molecule has 1 atom stereocenters. The van der Waals surface area contributed by atoms with Gasteiger partial charge in [0.25, 0.3) is 0 Å². The lowest BCUT2D eigenvalue weighted by molar-refractivity contribution is 0.663. The summed E-state index contributed by atoms with van der Waals surface area (Å²) in [4.78, 5) is 9.29. The largest absolute Gasteiger partial charge is 0.319 e. The molecule has 1 unspecified atom stereocenters. The smallest absolute Gasteiger partial charge is 0.161 e. The quantitative estimate of drug-likeness (QED) is 0.932. The summed E-state index contributed by atoms with van der Waals surface area (Å²) in [5.74, 6) is 1.09. The van der Waals surface area contributed by atoms with Gasteiger partial charge in [0.2, 0.25) is 0 Å². The topological polar surface area (TPSA) is 37.8 Å². The van der Waals surface area contributed by atoms with Gasteiger partial charge in [0.1, 0.15) is 0 Å². The third-order valence-electron chi connectivity index (χ3n) is 3.44. The number of aryl methyl sites for hydroxylation is 2. The van der Waals surface area contributed by atoms with Gasteiger partial charge in [0.15, 0.2) is 5.82 Å². The molecule has 2 aromatic rings. The molecule has 0 radical (unpaired) electrons. The van der Waals surface area contributed by atoms with Crippen LogP contribution in [-0.2, 0) is 0 Å². The Bertz CT molecular complexity index is 587. The van der Waals surface area contributed by atoms with Crippen LogP contribution in [0.4, 0.5) is 0 Å². The third-order valence-corrected chi connectivity index (χ3v) is 3.77. The maximum Gasteiger partial charge on any atom is 0.161 e. The molecule has 0 saturated heterocycles. The first kappa shape index (κ1) is 14.9. The van der Waals surface area contributed by atoms with Gasteiger partial charge in [0.05, 0.1) is 5.02 Å². The van der Waals surface area contributed by atoms with Gasteiger partial charge >= 0.3 is 0 Å². The van der Waals surface area contributed by atoms with Crippen LogP contribution in [0.15, 0.2) is 24.3 Å². The predicted octanol–water partition coefficient (Wildman–Crippen LogP) is 3.74. The monoisotopic (exact) mass is 289 g/mol. The number of benzene rings is 1. The Labute approximate surface area is 125 Å². The minimum Gasteiger partial charge on any atom is -0.319 e. The summed E-state index contributed by atoms with van der Waals surface area (Å²) in [6.45, 7) is 7.17. The SMILES string of the molecule is CNCC(C)c1c(C)nc(-c2ccccc2Cl)nc1C. The first-order chi connectivity index (χ1) is 9.54. The second-order valence-electron chi connectivity index (χ2n) is 5.07. The van der Waals surface area contributed by atoms with Gasteiger partial charge in [-0.1, -0.05) is 30.7 Å². The molecule has 0 amide bonds. The summed E-state index contributed by atoms with van der Waals surface area (Å²) in [6.07, 6.45) is 0. The molecule has 0 spiro atoms. The number of hydrogen-bond donors (Lipinski definition) is 1. The summed E-state index contributed by atoms with van der Waals surface area (Å²) in [7, 11) is 1.96. The Morgan fingerprint density at radius 2 is 1.75 bits per heavy atom. The van der Waals surface area contributed by atoms with Crippen molar-refractivity contribution >= 4 is 11.6 Å². The van der Waals surface area contributed by atoms with E-state index < -0.39 is 0 Å². The standard InChI is InChI=1S/C16H20ClN3/c1-10(9-18-4)15-11(2)19-16(20-12(15)3)13-7-5-6-8-14(13)17/h5-8,10,18H,9H2,1-4H3. The van der Waals surface area contributed by atoms with Crippen molar-refractivity contribution in [1.29, 1.82) is 0 Å². The molecule has 20 heavy (non-hydrogen) atoms. The minimum absolute atomic E-state index is 0.389. The Morgan fingerprint density at radius 1 is 1.15 bits per heavy atom. The van der Waals surface area contributed by atoms with Gasteiger partial charge in [-0.2, -0.15) is 0 Å². The van der Waals surface area contributed by atoms with E-state index in [0.717, 1.165) is 23.5 Å². The lowest BCUT2D eigenvalue weighted by Crippen LogP contribution is -2.17. The number of aromatic nitrogens is 2. The van der Waals surface area contributed by atoms with Crippen molar-refractivity contribution in [3.8, 4) is 11.4 Å². The number of hydrogen-bond acceptors (Lipinski definition) is 3. The van der Waals surface area contributed by atoms with E-state index in [1.54, 1.807) is 0 Å². The number of nitrogens with one attached hydrogen (secondary N) is 1. The Kier molecular flexibility index (Phi) is 4.73. The maximum absolute atomic E-state index is 6.23. The van der Waals surface area contributed by atoms with Gasteiger partial charge in [-0.15, -0.1) is 0 Å². The van der Waals surface area contributed by atoms with E-state index in [9.17, 15) is 0 Å². The van der Waals surface area contributed by atoms with Crippen molar-refractivity contribution in [3.05, 3.63) is 46.2 Å². The van der Waals surface area contributed by atoms with E-state index in [-0.39, 0.29) is 0 Å². The van der Waals surface area contributed by atoms with E-state index in [0.29, 0.717) is 16.8 Å². The molecule has 3 nitrogen and oxygen atoms in total. The fourth-order valence-corrected chi connectivity index (χ4v) is 2.83. The van der Waals surface area contributed by atoms with Crippen LogP contribution in [0, 0.1) is 13.8 Å². The molecular formula is C16H20ClN3. The lowest BCUT2D eigenvalue weighted by atomic mass is 9.98. The molecule has 0 aliphatic heterocycles. The summed E-state index contributed by atoms with van der Waals surface area (Å²) in [5.41, 5.74) is 4.15. The molecule has 1 N–H and O–H groups in total. The van der Waals surface area contributed by atoms with Crippen LogP contribution in [0.5, 0.6) is 0 Å². The third kappa shape index (κ3) is 3.00. The van der Waals surface area contributed by atoms with Crippen molar-refractivity contribution < 1.29 is 0 Å². The maximum atomic E-state index is 6.23. The molecule has 1 heterocycles.